The Morgan fingerprint density at radius 2 is 1.95 bits per heavy atom. The van der Waals surface area contributed by atoms with Crippen molar-refractivity contribution in [2.45, 2.75) is 6.54 Å². The predicted octanol–water partition coefficient (Wildman–Crippen LogP) is 1.24. The molecule has 102 valence electrons. The first-order chi connectivity index (χ1) is 9.81. The minimum atomic E-state index is -0.0349. The minimum Gasteiger partial charge on any atom is -0.490 e. The third-order valence-electron chi connectivity index (χ3n) is 2.70. The molecule has 20 heavy (non-hydrogen) atoms. The van der Waals surface area contributed by atoms with Gasteiger partial charge in [0.25, 0.3) is 5.56 Å². The van der Waals surface area contributed by atoms with E-state index in [4.69, 9.17) is 10.5 Å². The molecule has 0 amide bonds. The quantitative estimate of drug-likeness (QED) is 0.849. The number of aromatic nitrogens is 1. The molecule has 2 rings (SSSR count). The Kier molecular flexibility index (Phi) is 4.99. The van der Waals surface area contributed by atoms with Gasteiger partial charge in [-0.1, -0.05) is 30.0 Å². The number of hydrogen-bond donors (Lipinski definition) is 1. The first kappa shape index (κ1) is 13.9. The van der Waals surface area contributed by atoms with Crippen LogP contribution in [0, 0.1) is 11.8 Å². The zero-order chi connectivity index (χ0) is 14.2. The van der Waals surface area contributed by atoms with E-state index >= 15 is 0 Å². The maximum Gasteiger partial charge on any atom is 0.250 e. The van der Waals surface area contributed by atoms with Crippen molar-refractivity contribution in [3.8, 4) is 17.6 Å². The molecule has 4 nitrogen and oxygen atoms in total. The van der Waals surface area contributed by atoms with Crippen LogP contribution in [0.15, 0.2) is 53.5 Å². The van der Waals surface area contributed by atoms with Crippen molar-refractivity contribution in [1.29, 1.82) is 0 Å². The van der Waals surface area contributed by atoms with Gasteiger partial charge in [-0.2, -0.15) is 0 Å². The second kappa shape index (κ2) is 7.17. The Morgan fingerprint density at radius 3 is 2.75 bits per heavy atom. The highest BCUT2D eigenvalue weighted by Gasteiger charge is 2.00. The first-order valence-electron chi connectivity index (χ1n) is 6.37. The van der Waals surface area contributed by atoms with Crippen molar-refractivity contribution in [3.63, 3.8) is 0 Å². The van der Waals surface area contributed by atoms with Crippen LogP contribution in [0.5, 0.6) is 5.75 Å². The Labute approximate surface area is 117 Å². The lowest BCUT2D eigenvalue weighted by Gasteiger charge is -2.09. The molecule has 2 aromatic rings. The van der Waals surface area contributed by atoms with Gasteiger partial charge < -0.3 is 15.0 Å². The zero-order valence-electron chi connectivity index (χ0n) is 11.1. The van der Waals surface area contributed by atoms with Crippen molar-refractivity contribution in [3.05, 3.63) is 64.6 Å². The number of para-hydroxylation sites is 1. The fourth-order valence-corrected chi connectivity index (χ4v) is 1.74. The lowest BCUT2D eigenvalue weighted by atomic mass is 10.2. The number of nitrogens with zero attached hydrogens (tertiary/aromatic N) is 1. The minimum absolute atomic E-state index is 0.0349. The molecule has 0 spiro atoms. The van der Waals surface area contributed by atoms with E-state index in [1.807, 2.05) is 30.3 Å². The fraction of sp³-hybridized carbons (Fsp3) is 0.188. The van der Waals surface area contributed by atoms with Gasteiger partial charge in [0.15, 0.2) is 0 Å². The van der Waals surface area contributed by atoms with Crippen LogP contribution in [0.3, 0.4) is 0 Å². The maximum absolute atomic E-state index is 11.5. The molecule has 0 aliphatic rings. The Bertz CT molecular complexity index is 680. The van der Waals surface area contributed by atoms with Crippen LogP contribution in [0.1, 0.15) is 5.56 Å². The van der Waals surface area contributed by atoms with Gasteiger partial charge in [-0.25, -0.2) is 0 Å². The van der Waals surface area contributed by atoms with Gasteiger partial charge in [0.1, 0.15) is 12.4 Å². The summed E-state index contributed by atoms with van der Waals surface area (Å²) in [6.45, 7) is 1.22. The van der Waals surface area contributed by atoms with E-state index in [2.05, 4.69) is 11.8 Å². The molecule has 0 saturated carbocycles. The number of pyridine rings is 1. The fourth-order valence-electron chi connectivity index (χ4n) is 1.74. The average Bonchev–Trinajstić information content (AvgIpc) is 2.48. The first-order valence-corrected chi connectivity index (χ1v) is 6.37. The van der Waals surface area contributed by atoms with Gasteiger partial charge in [-0.3, -0.25) is 4.79 Å². The molecule has 1 heterocycles. The number of hydrogen-bond acceptors (Lipinski definition) is 3. The van der Waals surface area contributed by atoms with E-state index in [1.165, 1.54) is 6.07 Å². The number of nitrogens with two attached hydrogens (primary N) is 1. The summed E-state index contributed by atoms with van der Waals surface area (Å²) < 4.78 is 7.30. The van der Waals surface area contributed by atoms with Crippen molar-refractivity contribution < 1.29 is 4.74 Å². The normalized spacial score (nSPS) is 9.65. The summed E-state index contributed by atoms with van der Waals surface area (Å²) in [6.07, 6.45) is 1.74. The van der Waals surface area contributed by atoms with Crippen molar-refractivity contribution in [2.24, 2.45) is 5.73 Å². The van der Waals surface area contributed by atoms with Gasteiger partial charge in [-0.05, 0) is 18.2 Å². The Hall–Kier alpha value is -2.51. The van der Waals surface area contributed by atoms with E-state index in [0.29, 0.717) is 25.4 Å². The summed E-state index contributed by atoms with van der Waals surface area (Å²) in [4.78, 5) is 11.5. The topological polar surface area (TPSA) is 57.2 Å². The summed E-state index contributed by atoms with van der Waals surface area (Å²) in [5.41, 5.74) is 6.14. The van der Waals surface area contributed by atoms with Gasteiger partial charge in [0.2, 0.25) is 0 Å². The maximum atomic E-state index is 11.5. The molecule has 0 unspecified atom stereocenters. The SMILES string of the molecule is NCC#Cc1ccccc1OCCn1ccccc1=O. The molecule has 2 N–H and O–H groups in total. The molecule has 4 heteroatoms. The summed E-state index contributed by atoms with van der Waals surface area (Å²) >= 11 is 0. The van der Waals surface area contributed by atoms with E-state index in [9.17, 15) is 4.79 Å². The standard InChI is InChI=1S/C16H16N2O2/c17-10-5-7-14-6-1-2-8-15(14)20-13-12-18-11-4-3-9-16(18)19/h1-4,6,8-9,11H,10,12-13,17H2. The third kappa shape index (κ3) is 3.74. The molecular formula is C16H16N2O2. The van der Waals surface area contributed by atoms with Crippen LogP contribution in [-0.4, -0.2) is 17.7 Å². The lowest BCUT2D eigenvalue weighted by Crippen LogP contribution is -2.21. The van der Waals surface area contributed by atoms with Crippen molar-refractivity contribution in [1.82, 2.24) is 4.57 Å². The van der Waals surface area contributed by atoms with E-state index in [1.54, 1.807) is 16.8 Å². The molecule has 0 radical (unpaired) electrons. The summed E-state index contributed by atoms with van der Waals surface area (Å²) in [6, 6.07) is 12.6. The predicted molar refractivity (Wildman–Crippen MR) is 78.6 cm³/mol. The van der Waals surface area contributed by atoms with Crippen LogP contribution in [0.2, 0.25) is 0 Å². The number of ether oxygens (including phenoxy) is 1. The highest BCUT2D eigenvalue weighted by atomic mass is 16.5. The summed E-state index contributed by atoms with van der Waals surface area (Å²) in [5.74, 6) is 6.48. The Balaban J connectivity index is 2.01. The van der Waals surface area contributed by atoms with Crippen LogP contribution >= 0.6 is 0 Å². The zero-order valence-corrected chi connectivity index (χ0v) is 11.1. The molecule has 0 atom stereocenters. The molecular weight excluding hydrogens is 252 g/mol. The number of rotatable bonds is 4. The van der Waals surface area contributed by atoms with Crippen LogP contribution in [0.25, 0.3) is 0 Å². The monoisotopic (exact) mass is 268 g/mol. The van der Waals surface area contributed by atoms with E-state index in [0.717, 1.165) is 5.56 Å². The van der Waals surface area contributed by atoms with Crippen LogP contribution < -0.4 is 16.0 Å². The largest absolute Gasteiger partial charge is 0.490 e. The van der Waals surface area contributed by atoms with Gasteiger partial charge in [-0.15, -0.1) is 0 Å². The molecule has 0 aliphatic carbocycles. The highest BCUT2D eigenvalue weighted by Crippen LogP contribution is 2.16. The second-order valence-electron chi connectivity index (χ2n) is 4.08. The molecule has 1 aromatic heterocycles. The molecule has 0 bridgehead atoms. The van der Waals surface area contributed by atoms with E-state index < -0.39 is 0 Å². The van der Waals surface area contributed by atoms with Gasteiger partial charge >= 0.3 is 0 Å². The van der Waals surface area contributed by atoms with Crippen molar-refractivity contribution >= 4 is 0 Å². The summed E-state index contributed by atoms with van der Waals surface area (Å²) in [7, 11) is 0. The lowest BCUT2D eigenvalue weighted by molar-refractivity contribution is 0.295. The molecule has 0 saturated heterocycles. The van der Waals surface area contributed by atoms with Crippen molar-refractivity contribution in [2.75, 3.05) is 13.2 Å². The van der Waals surface area contributed by atoms with Gasteiger partial charge in [0, 0.05) is 12.3 Å². The highest BCUT2D eigenvalue weighted by molar-refractivity contribution is 5.45. The second-order valence-corrected chi connectivity index (χ2v) is 4.08. The smallest absolute Gasteiger partial charge is 0.250 e. The number of benzene rings is 1. The van der Waals surface area contributed by atoms with Crippen LogP contribution in [-0.2, 0) is 6.54 Å². The Morgan fingerprint density at radius 1 is 1.15 bits per heavy atom. The van der Waals surface area contributed by atoms with Gasteiger partial charge in [0.05, 0.1) is 18.7 Å². The van der Waals surface area contributed by atoms with E-state index in [-0.39, 0.29) is 5.56 Å². The molecule has 0 fully saturated rings. The summed E-state index contributed by atoms with van der Waals surface area (Å²) in [5, 5.41) is 0. The third-order valence-corrected chi connectivity index (χ3v) is 2.70. The average molecular weight is 268 g/mol. The molecule has 1 aromatic carbocycles. The molecule has 0 aliphatic heterocycles. The van der Waals surface area contributed by atoms with Crippen LogP contribution in [0.4, 0.5) is 0 Å².